The molecule has 3 aliphatic rings. The van der Waals surface area contributed by atoms with Gasteiger partial charge < -0.3 is 4.90 Å². The summed E-state index contributed by atoms with van der Waals surface area (Å²) in [7, 11) is -3.81. The number of sulfone groups is 1. The third-order valence-corrected chi connectivity index (χ3v) is 7.87. The Hall–Kier alpha value is -0.790. The standard InChI is InChI=1S/C14H20F3NO3S/c15-14(16,17)13-6-3-7-22(20,21)11(13)8-18(9-13)12(19)10-4-1-2-5-10/h10-11H,1-9H2/t11-,13-/m1/s1. The predicted octanol–water partition coefficient (Wildman–Crippen LogP) is 2.14. The molecule has 0 aromatic carbocycles. The number of hydrogen-bond acceptors (Lipinski definition) is 3. The number of carbonyl (C=O) groups is 1. The number of halogens is 3. The van der Waals surface area contributed by atoms with E-state index < -0.39 is 33.2 Å². The predicted molar refractivity (Wildman–Crippen MR) is 73.8 cm³/mol. The van der Waals surface area contributed by atoms with Gasteiger partial charge in [0.1, 0.15) is 5.41 Å². The van der Waals surface area contributed by atoms with Gasteiger partial charge in [0.2, 0.25) is 5.91 Å². The zero-order valence-electron chi connectivity index (χ0n) is 12.2. The molecule has 0 aromatic heterocycles. The van der Waals surface area contributed by atoms with E-state index in [9.17, 15) is 26.4 Å². The second kappa shape index (κ2) is 5.11. The fourth-order valence-corrected chi connectivity index (χ4v) is 6.57. The van der Waals surface area contributed by atoms with Crippen LogP contribution in [0.5, 0.6) is 0 Å². The molecule has 1 amide bonds. The van der Waals surface area contributed by atoms with Gasteiger partial charge in [0.25, 0.3) is 0 Å². The van der Waals surface area contributed by atoms with Gasteiger partial charge in [0.15, 0.2) is 9.84 Å². The topological polar surface area (TPSA) is 54.5 Å². The van der Waals surface area contributed by atoms with Crippen molar-refractivity contribution in [3.63, 3.8) is 0 Å². The number of carbonyl (C=O) groups excluding carboxylic acids is 1. The monoisotopic (exact) mass is 339 g/mol. The normalized spacial score (nSPS) is 35.6. The fourth-order valence-electron chi connectivity index (χ4n) is 4.32. The summed E-state index contributed by atoms with van der Waals surface area (Å²) in [6.07, 6.45) is -1.56. The fraction of sp³-hybridized carbons (Fsp3) is 0.929. The van der Waals surface area contributed by atoms with E-state index >= 15 is 0 Å². The zero-order chi connectivity index (χ0) is 16.2. The first kappa shape index (κ1) is 16.1. The highest BCUT2D eigenvalue weighted by atomic mass is 32.2. The molecular weight excluding hydrogens is 319 g/mol. The maximum absolute atomic E-state index is 13.6. The summed E-state index contributed by atoms with van der Waals surface area (Å²) >= 11 is 0. The number of amides is 1. The van der Waals surface area contributed by atoms with Crippen LogP contribution in [0.25, 0.3) is 0 Å². The van der Waals surface area contributed by atoms with Crippen LogP contribution in [0.15, 0.2) is 0 Å². The van der Waals surface area contributed by atoms with Crippen molar-refractivity contribution in [3.8, 4) is 0 Å². The van der Waals surface area contributed by atoms with Crippen LogP contribution in [-0.2, 0) is 14.6 Å². The first-order valence-corrected chi connectivity index (χ1v) is 9.46. The van der Waals surface area contributed by atoms with Crippen LogP contribution in [0.4, 0.5) is 13.2 Å². The molecule has 0 unspecified atom stereocenters. The minimum atomic E-state index is -4.60. The molecule has 126 valence electrons. The van der Waals surface area contributed by atoms with E-state index in [-0.39, 0.29) is 37.0 Å². The Labute approximate surface area is 128 Å². The van der Waals surface area contributed by atoms with Gasteiger partial charge in [-0.3, -0.25) is 4.79 Å². The molecule has 0 N–H and O–H groups in total. The molecule has 2 aliphatic heterocycles. The molecular formula is C14H20F3NO3S. The van der Waals surface area contributed by atoms with Crippen molar-refractivity contribution in [3.05, 3.63) is 0 Å². The van der Waals surface area contributed by atoms with Gasteiger partial charge >= 0.3 is 6.18 Å². The molecule has 1 saturated carbocycles. The van der Waals surface area contributed by atoms with Crippen molar-refractivity contribution in [2.75, 3.05) is 18.8 Å². The van der Waals surface area contributed by atoms with Crippen LogP contribution < -0.4 is 0 Å². The first-order valence-electron chi connectivity index (χ1n) is 7.74. The molecule has 4 nitrogen and oxygen atoms in total. The third-order valence-electron chi connectivity index (χ3n) is 5.54. The van der Waals surface area contributed by atoms with Crippen LogP contribution in [0, 0.1) is 11.3 Å². The molecule has 2 atom stereocenters. The Morgan fingerprint density at radius 2 is 1.77 bits per heavy atom. The van der Waals surface area contributed by atoms with Crippen molar-refractivity contribution in [1.29, 1.82) is 0 Å². The van der Waals surface area contributed by atoms with Crippen molar-refractivity contribution < 1.29 is 26.4 Å². The largest absolute Gasteiger partial charge is 0.397 e. The molecule has 0 radical (unpaired) electrons. The van der Waals surface area contributed by atoms with E-state index in [0.717, 1.165) is 12.8 Å². The van der Waals surface area contributed by atoms with Crippen molar-refractivity contribution in [2.45, 2.75) is 50.0 Å². The lowest BCUT2D eigenvalue weighted by Gasteiger charge is -2.39. The third kappa shape index (κ3) is 2.34. The molecule has 2 heterocycles. The summed E-state index contributed by atoms with van der Waals surface area (Å²) in [5.74, 6) is -0.722. The highest BCUT2D eigenvalue weighted by Gasteiger charge is 2.68. The molecule has 0 spiro atoms. The number of fused-ring (bicyclic) bond motifs is 1. The average Bonchev–Trinajstić information content (AvgIpc) is 3.05. The lowest BCUT2D eigenvalue weighted by Crippen LogP contribution is -2.53. The van der Waals surface area contributed by atoms with Crippen LogP contribution in [0.1, 0.15) is 38.5 Å². The van der Waals surface area contributed by atoms with Gasteiger partial charge in [-0.2, -0.15) is 13.2 Å². The first-order chi connectivity index (χ1) is 10.2. The summed E-state index contributed by atoms with van der Waals surface area (Å²) in [5.41, 5.74) is -2.27. The smallest absolute Gasteiger partial charge is 0.340 e. The maximum atomic E-state index is 13.6. The Balaban J connectivity index is 1.92. The molecule has 3 rings (SSSR count). The molecule has 8 heteroatoms. The van der Waals surface area contributed by atoms with E-state index in [2.05, 4.69) is 0 Å². The number of rotatable bonds is 1. The quantitative estimate of drug-likeness (QED) is 0.735. The molecule has 2 saturated heterocycles. The summed E-state index contributed by atoms with van der Waals surface area (Å²) in [6.45, 7) is -0.785. The van der Waals surface area contributed by atoms with Crippen LogP contribution in [-0.4, -0.2) is 49.5 Å². The number of alkyl halides is 3. The van der Waals surface area contributed by atoms with Crippen molar-refractivity contribution in [2.24, 2.45) is 11.3 Å². The van der Waals surface area contributed by atoms with E-state index in [4.69, 9.17) is 0 Å². The van der Waals surface area contributed by atoms with Gasteiger partial charge in [-0.05, 0) is 25.7 Å². The molecule has 0 aromatic rings. The minimum Gasteiger partial charge on any atom is -0.340 e. The average molecular weight is 339 g/mol. The molecule has 0 bridgehead atoms. The van der Waals surface area contributed by atoms with Gasteiger partial charge in [-0.25, -0.2) is 8.42 Å². The SMILES string of the molecule is O=C(C1CCCC1)N1C[C@@H]2[C@@](C(F)(F)F)(CCCS2(=O)=O)C1. The highest BCUT2D eigenvalue weighted by molar-refractivity contribution is 7.92. The Morgan fingerprint density at radius 3 is 2.32 bits per heavy atom. The number of nitrogens with zero attached hydrogens (tertiary/aromatic N) is 1. The Bertz CT molecular complexity index is 568. The summed E-state index contributed by atoms with van der Waals surface area (Å²) < 4.78 is 65.3. The molecule has 3 fully saturated rings. The van der Waals surface area contributed by atoms with Gasteiger partial charge in [0.05, 0.1) is 11.0 Å². The van der Waals surface area contributed by atoms with E-state index in [1.165, 1.54) is 4.90 Å². The van der Waals surface area contributed by atoms with Gasteiger partial charge in [0, 0.05) is 19.0 Å². The second-order valence-electron chi connectivity index (χ2n) is 6.81. The highest BCUT2D eigenvalue weighted by Crippen LogP contribution is 2.54. The lowest BCUT2D eigenvalue weighted by molar-refractivity contribution is -0.221. The number of hydrogen-bond donors (Lipinski definition) is 0. The summed E-state index contributed by atoms with van der Waals surface area (Å²) in [6, 6.07) is 0. The van der Waals surface area contributed by atoms with Crippen LogP contribution >= 0.6 is 0 Å². The maximum Gasteiger partial charge on any atom is 0.397 e. The van der Waals surface area contributed by atoms with E-state index in [1.54, 1.807) is 0 Å². The van der Waals surface area contributed by atoms with Crippen molar-refractivity contribution in [1.82, 2.24) is 4.90 Å². The van der Waals surface area contributed by atoms with E-state index in [0.29, 0.717) is 12.8 Å². The van der Waals surface area contributed by atoms with Crippen LogP contribution in [0.2, 0.25) is 0 Å². The van der Waals surface area contributed by atoms with E-state index in [1.807, 2.05) is 0 Å². The van der Waals surface area contributed by atoms with Crippen LogP contribution in [0.3, 0.4) is 0 Å². The zero-order valence-corrected chi connectivity index (χ0v) is 13.0. The Kier molecular flexibility index (Phi) is 3.73. The molecule has 1 aliphatic carbocycles. The second-order valence-corrected chi connectivity index (χ2v) is 9.12. The minimum absolute atomic E-state index is 0.0177. The summed E-state index contributed by atoms with van der Waals surface area (Å²) in [5, 5.41) is -1.49. The summed E-state index contributed by atoms with van der Waals surface area (Å²) in [4.78, 5) is 13.6. The van der Waals surface area contributed by atoms with Crippen molar-refractivity contribution >= 4 is 15.7 Å². The van der Waals surface area contributed by atoms with Gasteiger partial charge in [-0.1, -0.05) is 12.8 Å². The van der Waals surface area contributed by atoms with Gasteiger partial charge in [-0.15, -0.1) is 0 Å². The molecule has 22 heavy (non-hydrogen) atoms. The Morgan fingerprint density at radius 1 is 1.14 bits per heavy atom. The number of likely N-dealkylation sites (tertiary alicyclic amines) is 1. The lowest BCUT2D eigenvalue weighted by atomic mass is 9.81.